The van der Waals surface area contributed by atoms with Gasteiger partial charge < -0.3 is 4.52 Å². The molecule has 0 saturated heterocycles. The van der Waals surface area contributed by atoms with E-state index in [0.717, 1.165) is 0 Å². The van der Waals surface area contributed by atoms with Crippen molar-refractivity contribution in [2.24, 2.45) is 5.50 Å². The molecule has 0 fully saturated rings. The molecule has 10 heavy (non-hydrogen) atoms. The summed E-state index contributed by atoms with van der Waals surface area (Å²) >= 11 is 0. The van der Waals surface area contributed by atoms with E-state index in [4.69, 9.17) is 15.2 Å². The molecule has 4 heteroatoms. The maximum atomic E-state index is 6.97. The van der Waals surface area contributed by atoms with Gasteiger partial charge in [0.1, 0.15) is 5.75 Å². The molecular formula is C6H9N2OP. The number of benzene rings is 1. The maximum absolute atomic E-state index is 6.97. The summed E-state index contributed by atoms with van der Waals surface area (Å²) in [6, 6.07) is 9.15. The number of nitrogens with one attached hydrogen (secondary N) is 1. The fourth-order valence-corrected chi connectivity index (χ4v) is 1.01. The Labute approximate surface area is 60.2 Å². The van der Waals surface area contributed by atoms with Crippen molar-refractivity contribution >= 4 is 8.09 Å². The molecule has 0 spiro atoms. The van der Waals surface area contributed by atoms with Crippen LogP contribution >= 0.6 is 8.09 Å². The van der Waals surface area contributed by atoms with Gasteiger partial charge in [0.25, 0.3) is 0 Å². The van der Waals surface area contributed by atoms with Crippen molar-refractivity contribution in [3.8, 4) is 5.75 Å². The quantitative estimate of drug-likeness (QED) is 0.641. The van der Waals surface area contributed by atoms with E-state index in [1.807, 2.05) is 18.2 Å². The molecule has 1 atom stereocenters. The molecular weight excluding hydrogens is 147 g/mol. The molecule has 0 aliphatic heterocycles. The first-order chi connectivity index (χ1) is 4.79. The molecule has 0 radical (unpaired) electrons. The second kappa shape index (κ2) is 3.40. The second-order valence-electron chi connectivity index (χ2n) is 1.78. The van der Waals surface area contributed by atoms with Crippen molar-refractivity contribution in [3.05, 3.63) is 30.3 Å². The van der Waals surface area contributed by atoms with Crippen LogP contribution in [0.5, 0.6) is 5.75 Å². The topological polar surface area (TPSA) is 59.1 Å². The molecule has 1 rings (SSSR count). The maximum Gasteiger partial charge on any atom is 0.183 e. The highest BCUT2D eigenvalue weighted by molar-refractivity contribution is 7.38. The molecule has 54 valence electrons. The minimum atomic E-state index is -1.84. The number of hydrogen-bond acceptors (Lipinski definition) is 2. The zero-order chi connectivity index (χ0) is 7.40. The van der Waals surface area contributed by atoms with Gasteiger partial charge in [-0.15, -0.1) is 0 Å². The van der Waals surface area contributed by atoms with Gasteiger partial charge in [-0.2, -0.15) is 0 Å². The average molecular weight is 156 g/mol. The van der Waals surface area contributed by atoms with E-state index in [1.165, 1.54) is 0 Å². The third-order valence-electron chi connectivity index (χ3n) is 0.971. The third kappa shape index (κ3) is 2.21. The molecule has 1 aromatic carbocycles. The fraction of sp³-hybridized carbons (Fsp3) is 0. The van der Waals surface area contributed by atoms with E-state index >= 15 is 0 Å². The summed E-state index contributed by atoms with van der Waals surface area (Å²) in [5, 5.41) is 6.97. The smallest absolute Gasteiger partial charge is 0.183 e. The van der Waals surface area contributed by atoms with E-state index in [0.29, 0.717) is 5.75 Å². The van der Waals surface area contributed by atoms with Gasteiger partial charge in [-0.05, 0) is 12.1 Å². The van der Waals surface area contributed by atoms with Crippen LogP contribution in [0.15, 0.2) is 30.3 Å². The van der Waals surface area contributed by atoms with Crippen molar-refractivity contribution in [1.29, 1.82) is 5.16 Å². The second-order valence-corrected chi connectivity index (χ2v) is 2.71. The number of nitrogens with two attached hydrogens (primary N) is 1. The van der Waals surface area contributed by atoms with Crippen molar-refractivity contribution in [2.45, 2.75) is 0 Å². The molecule has 0 amide bonds. The minimum Gasteiger partial charge on any atom is -0.450 e. The van der Waals surface area contributed by atoms with Crippen molar-refractivity contribution < 1.29 is 4.52 Å². The zero-order valence-corrected chi connectivity index (χ0v) is 6.37. The fourth-order valence-electron chi connectivity index (χ4n) is 0.616. The van der Waals surface area contributed by atoms with Gasteiger partial charge in [-0.25, -0.2) is 0 Å². The molecule has 0 bridgehead atoms. The molecule has 0 saturated carbocycles. The van der Waals surface area contributed by atoms with Crippen molar-refractivity contribution in [2.75, 3.05) is 0 Å². The van der Waals surface area contributed by atoms with Crippen LogP contribution in [-0.2, 0) is 0 Å². The number of hydrogen-bond donors (Lipinski definition) is 2. The monoisotopic (exact) mass is 156 g/mol. The highest BCUT2D eigenvalue weighted by Gasteiger charge is 1.88. The van der Waals surface area contributed by atoms with Crippen molar-refractivity contribution in [1.82, 2.24) is 0 Å². The summed E-state index contributed by atoms with van der Waals surface area (Å²) in [7, 11) is -1.84. The van der Waals surface area contributed by atoms with Crippen LogP contribution in [0.4, 0.5) is 0 Å². The van der Waals surface area contributed by atoms with Gasteiger partial charge in [0.2, 0.25) is 0 Å². The molecule has 0 aliphatic rings. The minimum absolute atomic E-state index is 0.675. The summed E-state index contributed by atoms with van der Waals surface area (Å²) < 4.78 is 4.96. The van der Waals surface area contributed by atoms with Gasteiger partial charge >= 0.3 is 0 Å². The Morgan fingerprint density at radius 2 is 1.90 bits per heavy atom. The Morgan fingerprint density at radius 1 is 1.30 bits per heavy atom. The largest absolute Gasteiger partial charge is 0.450 e. The normalized spacial score (nSPS) is 12.5. The van der Waals surface area contributed by atoms with E-state index in [9.17, 15) is 0 Å². The van der Waals surface area contributed by atoms with Gasteiger partial charge in [0, 0.05) is 0 Å². The van der Waals surface area contributed by atoms with Crippen LogP contribution in [0.25, 0.3) is 0 Å². The summed E-state index contributed by atoms with van der Waals surface area (Å²) in [5.74, 6) is 0.675. The Hall–Kier alpha value is -0.790. The molecule has 1 aromatic rings. The highest BCUT2D eigenvalue weighted by atomic mass is 31.1. The van der Waals surface area contributed by atoms with Crippen LogP contribution in [0.1, 0.15) is 0 Å². The number of para-hydroxylation sites is 1. The molecule has 3 N–H and O–H groups in total. The SMILES string of the molecule is N=[PH](N)Oc1ccccc1. The van der Waals surface area contributed by atoms with Crippen LogP contribution < -0.4 is 10.0 Å². The van der Waals surface area contributed by atoms with E-state index in [2.05, 4.69) is 0 Å². The molecule has 0 heterocycles. The first-order valence-corrected chi connectivity index (χ1v) is 4.34. The third-order valence-corrected chi connectivity index (χ3v) is 1.43. The predicted octanol–water partition coefficient (Wildman–Crippen LogP) is 1.83. The predicted molar refractivity (Wildman–Crippen MR) is 42.3 cm³/mol. The molecule has 3 nitrogen and oxygen atoms in total. The lowest BCUT2D eigenvalue weighted by Gasteiger charge is -2.01. The van der Waals surface area contributed by atoms with Gasteiger partial charge in [0.05, 0.1) is 0 Å². The molecule has 0 aromatic heterocycles. The van der Waals surface area contributed by atoms with Crippen LogP contribution in [0.3, 0.4) is 0 Å². The summed E-state index contributed by atoms with van der Waals surface area (Å²) in [6.07, 6.45) is 0. The zero-order valence-electron chi connectivity index (χ0n) is 5.37. The lowest BCUT2D eigenvalue weighted by Crippen LogP contribution is -1.86. The molecule has 1 unspecified atom stereocenters. The standard InChI is InChI=1S/C6H9N2OP/c7-10(8)9-6-4-2-1-3-5-6/h1-5,10H,(H3,7,8). The molecule has 0 aliphatic carbocycles. The lowest BCUT2D eigenvalue weighted by molar-refractivity contribution is 0.620. The van der Waals surface area contributed by atoms with Crippen molar-refractivity contribution in [3.63, 3.8) is 0 Å². The average Bonchev–Trinajstić information content (AvgIpc) is 1.88. The number of rotatable bonds is 2. The van der Waals surface area contributed by atoms with Gasteiger partial charge in [0.15, 0.2) is 8.09 Å². The summed E-state index contributed by atoms with van der Waals surface area (Å²) in [6.45, 7) is 0. The van der Waals surface area contributed by atoms with Crippen LogP contribution in [0.2, 0.25) is 0 Å². The van der Waals surface area contributed by atoms with Gasteiger partial charge in [-0.3, -0.25) is 10.7 Å². The van der Waals surface area contributed by atoms with Crippen LogP contribution in [-0.4, -0.2) is 0 Å². The van der Waals surface area contributed by atoms with Crippen LogP contribution in [0, 0.1) is 5.16 Å². The Morgan fingerprint density at radius 3 is 2.40 bits per heavy atom. The summed E-state index contributed by atoms with van der Waals surface area (Å²) in [4.78, 5) is 0. The van der Waals surface area contributed by atoms with E-state index < -0.39 is 8.09 Å². The highest BCUT2D eigenvalue weighted by Crippen LogP contribution is 2.19. The van der Waals surface area contributed by atoms with E-state index in [-0.39, 0.29) is 0 Å². The first-order valence-electron chi connectivity index (χ1n) is 2.86. The van der Waals surface area contributed by atoms with Gasteiger partial charge in [-0.1, -0.05) is 18.2 Å². The summed E-state index contributed by atoms with van der Waals surface area (Å²) in [5.41, 5.74) is 5.17. The Balaban J connectivity index is 2.67. The first kappa shape index (κ1) is 7.32. The van der Waals surface area contributed by atoms with E-state index in [1.54, 1.807) is 12.1 Å². The Bertz CT molecular complexity index is 224. The lowest BCUT2D eigenvalue weighted by atomic mass is 10.3. The Kier molecular flexibility index (Phi) is 2.49.